The van der Waals surface area contributed by atoms with Gasteiger partial charge < -0.3 is 5.32 Å². The molecular weight excluding hydrogens is 324 g/mol. The van der Waals surface area contributed by atoms with Gasteiger partial charge in [0, 0.05) is 10.5 Å². The Morgan fingerprint density at radius 2 is 1.75 bits per heavy atom. The molecule has 0 radical (unpaired) electrons. The summed E-state index contributed by atoms with van der Waals surface area (Å²) in [6.07, 6.45) is 0. The first-order valence-electron chi connectivity index (χ1n) is 6.36. The van der Waals surface area contributed by atoms with Gasteiger partial charge in [-0.05, 0) is 71.6 Å². The normalized spacial score (nSPS) is 12.3. The Morgan fingerprint density at radius 3 is 2.35 bits per heavy atom. The van der Waals surface area contributed by atoms with Crippen LogP contribution in [0.1, 0.15) is 29.7 Å². The van der Waals surface area contributed by atoms with Gasteiger partial charge in [-0.15, -0.1) is 0 Å². The minimum Gasteiger partial charge on any atom is -0.377 e. The first-order valence-corrected chi connectivity index (χ1v) is 7.16. The highest BCUT2D eigenvalue weighted by Gasteiger charge is 2.12. The van der Waals surface area contributed by atoms with Crippen molar-refractivity contribution >= 4 is 21.6 Å². The van der Waals surface area contributed by atoms with Crippen LogP contribution in [0.5, 0.6) is 0 Å². The van der Waals surface area contributed by atoms with Gasteiger partial charge in [0.05, 0.1) is 5.69 Å². The highest BCUT2D eigenvalue weighted by Crippen LogP contribution is 2.31. The minimum atomic E-state index is -0.825. The van der Waals surface area contributed by atoms with Gasteiger partial charge >= 0.3 is 0 Å². The summed E-state index contributed by atoms with van der Waals surface area (Å²) in [4.78, 5) is 0. The van der Waals surface area contributed by atoms with Crippen LogP contribution < -0.4 is 5.32 Å². The zero-order chi connectivity index (χ0) is 14.9. The predicted molar refractivity (Wildman–Crippen MR) is 82.0 cm³/mol. The molecule has 2 aromatic carbocycles. The average molecular weight is 340 g/mol. The molecule has 0 spiro atoms. The summed E-state index contributed by atoms with van der Waals surface area (Å²) in [5.74, 6) is -1.65. The van der Waals surface area contributed by atoms with Crippen molar-refractivity contribution in [1.82, 2.24) is 0 Å². The molecule has 20 heavy (non-hydrogen) atoms. The van der Waals surface area contributed by atoms with Gasteiger partial charge in [0.2, 0.25) is 0 Å². The van der Waals surface area contributed by atoms with Crippen molar-refractivity contribution in [2.45, 2.75) is 26.8 Å². The third-order valence-electron chi connectivity index (χ3n) is 3.24. The Bertz CT molecular complexity index is 617. The monoisotopic (exact) mass is 339 g/mol. The molecule has 1 N–H and O–H groups in total. The second-order valence-corrected chi connectivity index (χ2v) is 5.83. The third kappa shape index (κ3) is 3.18. The van der Waals surface area contributed by atoms with Gasteiger partial charge in [-0.25, -0.2) is 8.78 Å². The van der Waals surface area contributed by atoms with E-state index in [2.05, 4.69) is 27.3 Å². The molecule has 2 rings (SSSR count). The fourth-order valence-corrected chi connectivity index (χ4v) is 2.97. The fraction of sp³-hybridized carbons (Fsp3) is 0.250. The summed E-state index contributed by atoms with van der Waals surface area (Å²) in [5.41, 5.74) is 3.94. The SMILES string of the molecule is Cc1cc(C)c(NC(C)c2ccc(F)c(F)c2)c(Br)c1. The number of hydrogen-bond donors (Lipinski definition) is 1. The third-order valence-corrected chi connectivity index (χ3v) is 3.86. The molecule has 0 fully saturated rings. The number of hydrogen-bond acceptors (Lipinski definition) is 1. The predicted octanol–water partition coefficient (Wildman–Crippen LogP) is 5.52. The Labute approximate surface area is 126 Å². The second-order valence-electron chi connectivity index (χ2n) is 4.98. The average Bonchev–Trinajstić information content (AvgIpc) is 2.36. The molecular formula is C16H16BrF2N. The molecule has 0 heterocycles. The Balaban J connectivity index is 2.27. The molecule has 0 amide bonds. The molecule has 0 saturated carbocycles. The van der Waals surface area contributed by atoms with Crippen LogP contribution in [-0.2, 0) is 0 Å². The molecule has 0 aromatic heterocycles. The summed E-state index contributed by atoms with van der Waals surface area (Å²) < 4.78 is 27.2. The standard InChI is InChI=1S/C16H16BrF2N/c1-9-6-10(2)16(13(17)7-9)20-11(3)12-4-5-14(18)15(19)8-12/h4-8,11,20H,1-3H3. The lowest BCUT2D eigenvalue weighted by molar-refractivity contribution is 0.506. The fourth-order valence-electron chi connectivity index (χ4n) is 2.18. The summed E-state index contributed by atoms with van der Waals surface area (Å²) in [6, 6.07) is 7.94. The van der Waals surface area contributed by atoms with Crippen molar-refractivity contribution in [1.29, 1.82) is 0 Å². The molecule has 4 heteroatoms. The van der Waals surface area contributed by atoms with Crippen molar-refractivity contribution in [2.24, 2.45) is 0 Å². The van der Waals surface area contributed by atoms with Gasteiger partial charge in [-0.3, -0.25) is 0 Å². The maximum atomic E-state index is 13.3. The zero-order valence-electron chi connectivity index (χ0n) is 11.6. The zero-order valence-corrected chi connectivity index (χ0v) is 13.2. The van der Waals surface area contributed by atoms with Crippen molar-refractivity contribution in [3.63, 3.8) is 0 Å². The summed E-state index contributed by atoms with van der Waals surface area (Å²) in [6.45, 7) is 5.96. The maximum absolute atomic E-state index is 13.3. The van der Waals surface area contributed by atoms with E-state index in [0.29, 0.717) is 5.56 Å². The molecule has 106 valence electrons. The molecule has 0 aliphatic heterocycles. The minimum absolute atomic E-state index is 0.122. The maximum Gasteiger partial charge on any atom is 0.159 e. The quantitative estimate of drug-likeness (QED) is 0.776. The molecule has 1 unspecified atom stereocenters. The number of nitrogens with one attached hydrogen (secondary N) is 1. The van der Waals surface area contributed by atoms with Crippen molar-refractivity contribution in [3.05, 3.63) is 63.1 Å². The first-order chi connectivity index (χ1) is 9.38. The molecule has 1 nitrogen and oxygen atoms in total. The van der Waals surface area contributed by atoms with Crippen LogP contribution in [0.2, 0.25) is 0 Å². The van der Waals surface area contributed by atoms with E-state index in [-0.39, 0.29) is 6.04 Å². The van der Waals surface area contributed by atoms with Crippen molar-refractivity contribution in [3.8, 4) is 0 Å². The van der Waals surface area contributed by atoms with E-state index < -0.39 is 11.6 Å². The number of anilines is 1. The lowest BCUT2D eigenvalue weighted by Gasteiger charge is -2.19. The number of aryl methyl sites for hydroxylation is 2. The van der Waals surface area contributed by atoms with Crippen LogP contribution in [0.15, 0.2) is 34.8 Å². The lowest BCUT2D eigenvalue weighted by atomic mass is 10.1. The van der Waals surface area contributed by atoms with E-state index in [4.69, 9.17) is 0 Å². The molecule has 0 aliphatic carbocycles. The largest absolute Gasteiger partial charge is 0.377 e. The van der Waals surface area contributed by atoms with Crippen LogP contribution >= 0.6 is 15.9 Å². The molecule has 0 saturated heterocycles. The number of rotatable bonds is 3. The van der Waals surface area contributed by atoms with E-state index >= 15 is 0 Å². The van der Waals surface area contributed by atoms with Gasteiger partial charge in [0.25, 0.3) is 0 Å². The Morgan fingerprint density at radius 1 is 1.05 bits per heavy atom. The topological polar surface area (TPSA) is 12.0 Å². The summed E-state index contributed by atoms with van der Waals surface area (Å²) in [5, 5.41) is 3.33. The van der Waals surface area contributed by atoms with Gasteiger partial charge in [-0.1, -0.05) is 12.1 Å². The van der Waals surface area contributed by atoms with Gasteiger partial charge in [0.15, 0.2) is 11.6 Å². The van der Waals surface area contributed by atoms with Crippen LogP contribution in [-0.4, -0.2) is 0 Å². The Kier molecular flexibility index (Phi) is 4.43. The second kappa shape index (κ2) is 5.92. The number of benzene rings is 2. The van der Waals surface area contributed by atoms with Crippen LogP contribution in [0.3, 0.4) is 0 Å². The van der Waals surface area contributed by atoms with Crippen molar-refractivity contribution in [2.75, 3.05) is 5.32 Å². The van der Waals surface area contributed by atoms with Crippen LogP contribution in [0, 0.1) is 25.5 Å². The first kappa shape index (κ1) is 15.0. The molecule has 2 aromatic rings. The van der Waals surface area contributed by atoms with Crippen LogP contribution in [0.4, 0.5) is 14.5 Å². The number of halogens is 3. The van der Waals surface area contributed by atoms with E-state index in [1.165, 1.54) is 11.6 Å². The van der Waals surface area contributed by atoms with Gasteiger partial charge in [0.1, 0.15) is 0 Å². The van der Waals surface area contributed by atoms with E-state index in [1.807, 2.05) is 26.8 Å². The summed E-state index contributed by atoms with van der Waals surface area (Å²) >= 11 is 3.53. The van der Waals surface area contributed by atoms with Crippen LogP contribution in [0.25, 0.3) is 0 Å². The van der Waals surface area contributed by atoms with E-state index in [0.717, 1.165) is 21.8 Å². The molecule has 0 aliphatic rings. The molecule has 1 atom stereocenters. The lowest BCUT2D eigenvalue weighted by Crippen LogP contribution is -2.09. The highest BCUT2D eigenvalue weighted by atomic mass is 79.9. The highest BCUT2D eigenvalue weighted by molar-refractivity contribution is 9.10. The van der Waals surface area contributed by atoms with E-state index in [9.17, 15) is 8.78 Å². The van der Waals surface area contributed by atoms with Gasteiger partial charge in [-0.2, -0.15) is 0 Å². The van der Waals surface area contributed by atoms with E-state index in [1.54, 1.807) is 6.07 Å². The molecule has 0 bridgehead atoms. The summed E-state index contributed by atoms with van der Waals surface area (Å²) in [7, 11) is 0. The smallest absolute Gasteiger partial charge is 0.159 e. The Hall–Kier alpha value is -1.42. The van der Waals surface area contributed by atoms with Crippen molar-refractivity contribution < 1.29 is 8.78 Å².